The standard InChI is InChI=1S/C24H23NO2S/c26-28(20-11-5-2-6-12-20)25-17-15-24(16-18-25)22-14-8-7-13-21(22)23(27-24)19-9-3-1-4-10-19/h1-14,23H,15-18H2. The maximum Gasteiger partial charge on any atom is 0.127 e. The zero-order valence-corrected chi connectivity index (χ0v) is 16.5. The van der Waals surface area contributed by atoms with Gasteiger partial charge in [0.2, 0.25) is 0 Å². The number of hydrogen-bond acceptors (Lipinski definition) is 2. The molecule has 5 rings (SSSR count). The molecule has 2 unspecified atom stereocenters. The minimum atomic E-state index is -1.11. The third kappa shape index (κ3) is 3.02. The van der Waals surface area contributed by atoms with Crippen molar-refractivity contribution in [2.75, 3.05) is 13.1 Å². The summed E-state index contributed by atoms with van der Waals surface area (Å²) >= 11 is 0. The van der Waals surface area contributed by atoms with Crippen LogP contribution in [0.2, 0.25) is 0 Å². The molecular weight excluding hydrogens is 366 g/mol. The summed E-state index contributed by atoms with van der Waals surface area (Å²) in [6, 6.07) is 28.8. The molecule has 0 aliphatic carbocycles. The zero-order chi connectivity index (χ0) is 19.0. The van der Waals surface area contributed by atoms with Crippen LogP contribution in [0.3, 0.4) is 0 Å². The average molecular weight is 390 g/mol. The van der Waals surface area contributed by atoms with Gasteiger partial charge in [-0.3, -0.25) is 0 Å². The maximum atomic E-state index is 12.9. The van der Waals surface area contributed by atoms with E-state index in [2.05, 4.69) is 52.8 Å². The summed E-state index contributed by atoms with van der Waals surface area (Å²) in [5.41, 5.74) is 3.48. The van der Waals surface area contributed by atoms with Crippen molar-refractivity contribution < 1.29 is 8.95 Å². The van der Waals surface area contributed by atoms with Gasteiger partial charge < -0.3 is 4.74 Å². The van der Waals surface area contributed by atoms with Gasteiger partial charge in [0.25, 0.3) is 0 Å². The van der Waals surface area contributed by atoms with Gasteiger partial charge in [-0.15, -0.1) is 0 Å². The van der Waals surface area contributed by atoms with Crippen LogP contribution in [0.25, 0.3) is 0 Å². The topological polar surface area (TPSA) is 29.5 Å². The highest BCUT2D eigenvalue weighted by Crippen LogP contribution is 2.51. The fraction of sp³-hybridized carbons (Fsp3) is 0.250. The first kappa shape index (κ1) is 17.8. The van der Waals surface area contributed by atoms with E-state index in [0.717, 1.165) is 30.8 Å². The summed E-state index contributed by atoms with van der Waals surface area (Å²) in [5.74, 6) is 0. The van der Waals surface area contributed by atoms with Gasteiger partial charge in [-0.25, -0.2) is 8.51 Å². The molecule has 1 spiro atoms. The molecule has 3 nitrogen and oxygen atoms in total. The van der Waals surface area contributed by atoms with E-state index in [1.54, 1.807) is 0 Å². The molecule has 3 aromatic carbocycles. The van der Waals surface area contributed by atoms with Crippen LogP contribution < -0.4 is 0 Å². The van der Waals surface area contributed by atoms with Crippen molar-refractivity contribution in [3.05, 3.63) is 102 Å². The van der Waals surface area contributed by atoms with E-state index in [4.69, 9.17) is 4.74 Å². The number of hydrogen-bond donors (Lipinski definition) is 0. The first-order chi connectivity index (χ1) is 13.8. The van der Waals surface area contributed by atoms with Crippen molar-refractivity contribution in [3.63, 3.8) is 0 Å². The second-order valence-corrected chi connectivity index (χ2v) is 8.97. The Bertz CT molecular complexity index is 982. The molecule has 2 aliphatic rings. The monoisotopic (exact) mass is 389 g/mol. The van der Waals surface area contributed by atoms with Crippen molar-refractivity contribution in [2.45, 2.75) is 29.4 Å². The molecule has 2 heterocycles. The highest BCUT2D eigenvalue weighted by Gasteiger charge is 2.47. The molecule has 142 valence electrons. The predicted molar refractivity (Wildman–Crippen MR) is 111 cm³/mol. The van der Waals surface area contributed by atoms with Crippen LogP contribution in [0.4, 0.5) is 0 Å². The molecule has 0 N–H and O–H groups in total. The van der Waals surface area contributed by atoms with Crippen LogP contribution in [0, 0.1) is 0 Å². The van der Waals surface area contributed by atoms with Crippen LogP contribution in [0.1, 0.15) is 35.6 Å². The summed E-state index contributed by atoms with van der Waals surface area (Å²) < 4.78 is 21.8. The van der Waals surface area contributed by atoms with E-state index in [9.17, 15) is 4.21 Å². The fourth-order valence-corrected chi connectivity index (χ4v) is 5.66. The third-order valence-corrected chi connectivity index (χ3v) is 7.40. The molecular formula is C24H23NO2S. The first-order valence-electron chi connectivity index (χ1n) is 9.81. The van der Waals surface area contributed by atoms with Crippen LogP contribution in [-0.2, 0) is 21.3 Å². The zero-order valence-electron chi connectivity index (χ0n) is 15.7. The minimum Gasteiger partial charge on any atom is -0.358 e. The van der Waals surface area contributed by atoms with Crippen molar-refractivity contribution in [1.82, 2.24) is 4.31 Å². The van der Waals surface area contributed by atoms with Crippen molar-refractivity contribution in [3.8, 4) is 0 Å². The quantitative estimate of drug-likeness (QED) is 0.643. The van der Waals surface area contributed by atoms with E-state index in [1.807, 2.05) is 36.4 Å². The molecule has 0 aromatic heterocycles. The van der Waals surface area contributed by atoms with Gasteiger partial charge in [-0.2, -0.15) is 0 Å². The summed E-state index contributed by atoms with van der Waals surface area (Å²) in [4.78, 5) is 0.869. The second-order valence-electron chi connectivity index (χ2n) is 7.48. The summed E-state index contributed by atoms with van der Waals surface area (Å²) in [5, 5.41) is 0. The molecule has 0 radical (unpaired) electrons. The molecule has 0 amide bonds. The molecule has 1 fully saturated rings. The molecule has 2 atom stereocenters. The van der Waals surface area contributed by atoms with Crippen molar-refractivity contribution >= 4 is 11.0 Å². The van der Waals surface area contributed by atoms with Crippen LogP contribution in [0.5, 0.6) is 0 Å². The number of fused-ring (bicyclic) bond motifs is 2. The summed E-state index contributed by atoms with van der Waals surface area (Å²) in [6.45, 7) is 1.52. The Morgan fingerprint density at radius 1 is 0.821 bits per heavy atom. The van der Waals surface area contributed by atoms with Crippen LogP contribution >= 0.6 is 0 Å². The lowest BCUT2D eigenvalue weighted by Gasteiger charge is -2.39. The summed E-state index contributed by atoms with van der Waals surface area (Å²) in [6.07, 6.45) is 1.68. The van der Waals surface area contributed by atoms with E-state index in [-0.39, 0.29) is 11.7 Å². The molecule has 3 aromatic rings. The van der Waals surface area contributed by atoms with Crippen LogP contribution in [0.15, 0.2) is 89.8 Å². The highest BCUT2D eigenvalue weighted by atomic mass is 32.2. The number of ether oxygens (including phenoxy) is 1. The van der Waals surface area contributed by atoms with Gasteiger partial charge in [0.15, 0.2) is 0 Å². The van der Waals surface area contributed by atoms with Gasteiger partial charge in [0, 0.05) is 13.1 Å². The Labute approximate surface area is 168 Å². The first-order valence-corrected chi connectivity index (χ1v) is 10.9. The molecule has 0 bridgehead atoms. The van der Waals surface area contributed by atoms with Gasteiger partial charge in [0.05, 0.1) is 10.5 Å². The Balaban J connectivity index is 1.41. The van der Waals surface area contributed by atoms with E-state index in [1.165, 1.54) is 16.7 Å². The van der Waals surface area contributed by atoms with Gasteiger partial charge in [-0.05, 0) is 41.7 Å². The largest absolute Gasteiger partial charge is 0.358 e. The molecule has 0 saturated carbocycles. The lowest BCUT2D eigenvalue weighted by molar-refractivity contribution is -0.0880. The van der Waals surface area contributed by atoms with E-state index < -0.39 is 11.0 Å². The predicted octanol–water partition coefficient (Wildman–Crippen LogP) is 4.82. The Morgan fingerprint density at radius 3 is 2.14 bits per heavy atom. The fourth-order valence-electron chi connectivity index (χ4n) is 4.45. The number of nitrogens with zero attached hydrogens (tertiary/aromatic N) is 1. The molecule has 4 heteroatoms. The number of rotatable bonds is 3. The van der Waals surface area contributed by atoms with Gasteiger partial charge in [0.1, 0.15) is 17.1 Å². The highest BCUT2D eigenvalue weighted by molar-refractivity contribution is 7.82. The lowest BCUT2D eigenvalue weighted by Crippen LogP contribution is -2.43. The molecule has 1 saturated heterocycles. The molecule has 2 aliphatic heterocycles. The van der Waals surface area contributed by atoms with E-state index >= 15 is 0 Å². The lowest BCUT2D eigenvalue weighted by atomic mass is 9.84. The van der Waals surface area contributed by atoms with Crippen molar-refractivity contribution in [1.29, 1.82) is 0 Å². The van der Waals surface area contributed by atoms with Gasteiger partial charge >= 0.3 is 0 Å². The van der Waals surface area contributed by atoms with Crippen molar-refractivity contribution in [2.24, 2.45) is 0 Å². The van der Waals surface area contributed by atoms with E-state index in [0.29, 0.717) is 0 Å². The minimum absolute atomic E-state index is 0.0245. The maximum absolute atomic E-state index is 12.9. The second kappa shape index (κ2) is 7.28. The third-order valence-electron chi connectivity index (χ3n) is 5.89. The average Bonchev–Trinajstić information content (AvgIpc) is 3.09. The summed E-state index contributed by atoms with van der Waals surface area (Å²) in [7, 11) is -1.11. The normalized spacial score (nSPS) is 22.1. The SMILES string of the molecule is O=S(c1ccccc1)N1CCC2(CC1)OC(c1ccccc1)c1ccccc12. The van der Waals surface area contributed by atoms with Gasteiger partial charge in [-0.1, -0.05) is 72.8 Å². The molecule has 28 heavy (non-hydrogen) atoms. The smallest absolute Gasteiger partial charge is 0.127 e. The Hall–Kier alpha value is -2.27. The Morgan fingerprint density at radius 2 is 1.43 bits per heavy atom. The number of piperidine rings is 1. The Kier molecular flexibility index (Phi) is 4.63. The number of benzene rings is 3. The van der Waals surface area contributed by atoms with Crippen LogP contribution in [-0.4, -0.2) is 21.6 Å².